The molecule has 1 atom stereocenters. The van der Waals surface area contributed by atoms with Crippen molar-refractivity contribution in [2.75, 3.05) is 19.5 Å². The Morgan fingerprint density at radius 1 is 0.893 bits per heavy atom. The lowest BCUT2D eigenvalue weighted by Crippen LogP contribution is -2.31. The second-order valence-corrected chi connectivity index (χ2v) is 6.65. The predicted octanol–water partition coefficient (Wildman–Crippen LogP) is 4.47. The van der Waals surface area contributed by atoms with Crippen molar-refractivity contribution in [3.05, 3.63) is 89.5 Å². The molecule has 0 spiro atoms. The smallest absolute Gasteiger partial charge is 0.256 e. The van der Waals surface area contributed by atoms with E-state index in [1.54, 1.807) is 14.2 Å². The molecule has 1 amide bonds. The molecule has 0 aliphatic carbocycles. The minimum Gasteiger partial charge on any atom is -0.497 e. The number of hydrogen-bond donors (Lipinski definition) is 1. The Hall–Kier alpha value is -3.47. The predicted molar refractivity (Wildman–Crippen MR) is 109 cm³/mol. The van der Waals surface area contributed by atoms with Crippen molar-refractivity contribution < 1.29 is 14.3 Å². The number of hydrogen-bond acceptors (Lipinski definition) is 4. The zero-order valence-electron chi connectivity index (χ0n) is 15.9. The number of benzene rings is 3. The van der Waals surface area contributed by atoms with E-state index in [4.69, 9.17) is 9.47 Å². The molecule has 142 valence electrons. The zero-order chi connectivity index (χ0) is 19.5. The number of anilines is 1. The normalized spacial score (nSPS) is 15.3. The van der Waals surface area contributed by atoms with Gasteiger partial charge in [0.1, 0.15) is 17.7 Å². The van der Waals surface area contributed by atoms with Crippen LogP contribution in [0.5, 0.6) is 11.5 Å². The van der Waals surface area contributed by atoms with Gasteiger partial charge in [-0.25, -0.2) is 0 Å². The number of carbonyl (C=O) groups is 1. The van der Waals surface area contributed by atoms with Crippen molar-refractivity contribution in [3.8, 4) is 11.5 Å². The summed E-state index contributed by atoms with van der Waals surface area (Å²) in [5.41, 5.74) is 3.60. The van der Waals surface area contributed by atoms with Crippen LogP contribution in [0, 0.1) is 0 Å². The highest BCUT2D eigenvalue weighted by molar-refractivity contribution is 5.99. The number of rotatable bonds is 6. The van der Waals surface area contributed by atoms with E-state index in [1.165, 1.54) is 0 Å². The number of carbonyl (C=O) groups excluding carboxylic acids is 1. The Labute approximate surface area is 164 Å². The van der Waals surface area contributed by atoms with E-state index in [0.29, 0.717) is 18.0 Å². The van der Waals surface area contributed by atoms with Crippen LogP contribution in [0.4, 0.5) is 5.69 Å². The molecule has 0 aromatic heterocycles. The van der Waals surface area contributed by atoms with Gasteiger partial charge in [-0.2, -0.15) is 0 Å². The summed E-state index contributed by atoms with van der Waals surface area (Å²) in [7, 11) is 3.24. The Kier molecular flexibility index (Phi) is 4.89. The maximum Gasteiger partial charge on any atom is 0.256 e. The molecular formula is C23H22N2O3. The van der Waals surface area contributed by atoms with Crippen molar-refractivity contribution in [3.63, 3.8) is 0 Å². The highest BCUT2D eigenvalue weighted by atomic mass is 16.5. The molecular weight excluding hydrogens is 352 g/mol. The lowest BCUT2D eigenvalue weighted by Gasteiger charge is -2.27. The van der Waals surface area contributed by atoms with Gasteiger partial charge in [0.2, 0.25) is 0 Å². The van der Waals surface area contributed by atoms with Crippen LogP contribution < -0.4 is 14.8 Å². The van der Waals surface area contributed by atoms with Crippen molar-refractivity contribution in [1.29, 1.82) is 0 Å². The van der Waals surface area contributed by atoms with Gasteiger partial charge in [0.05, 0.1) is 14.2 Å². The van der Waals surface area contributed by atoms with Crippen LogP contribution in [0.15, 0.2) is 72.8 Å². The summed E-state index contributed by atoms with van der Waals surface area (Å²) in [6, 6.07) is 23.3. The summed E-state index contributed by atoms with van der Waals surface area (Å²) in [5.74, 6) is 1.40. The molecule has 28 heavy (non-hydrogen) atoms. The topological polar surface area (TPSA) is 50.8 Å². The second kappa shape index (κ2) is 7.64. The van der Waals surface area contributed by atoms with Gasteiger partial charge in [-0.05, 0) is 11.6 Å². The van der Waals surface area contributed by atoms with E-state index in [-0.39, 0.29) is 12.1 Å². The second-order valence-electron chi connectivity index (χ2n) is 6.65. The van der Waals surface area contributed by atoms with Gasteiger partial charge in [0.25, 0.3) is 5.91 Å². The van der Waals surface area contributed by atoms with Gasteiger partial charge >= 0.3 is 0 Å². The molecule has 5 heteroatoms. The van der Waals surface area contributed by atoms with Crippen molar-refractivity contribution in [2.45, 2.75) is 12.7 Å². The minimum absolute atomic E-state index is 0.0202. The number of nitrogens with zero attached hydrogens (tertiary/aromatic N) is 1. The standard InChI is InChI=1S/C23H22N2O3/c1-27-18-12-17(13-19(14-18)28-2)24-22-20-10-6-7-11-21(20)23(26)25(22)15-16-8-4-3-5-9-16/h3-14,22,24H,15H2,1-2H3. The fourth-order valence-electron chi connectivity index (χ4n) is 3.52. The van der Waals surface area contributed by atoms with E-state index in [0.717, 1.165) is 22.4 Å². The Morgan fingerprint density at radius 2 is 1.54 bits per heavy atom. The average molecular weight is 374 g/mol. The van der Waals surface area contributed by atoms with Gasteiger partial charge in [-0.3, -0.25) is 4.79 Å². The molecule has 0 saturated carbocycles. The molecule has 1 aliphatic heterocycles. The summed E-state index contributed by atoms with van der Waals surface area (Å²) in [6.45, 7) is 0.521. The number of amides is 1. The first kappa shape index (κ1) is 17.9. The third-order valence-electron chi connectivity index (χ3n) is 4.91. The van der Waals surface area contributed by atoms with Gasteiger partial charge in [0, 0.05) is 41.6 Å². The maximum atomic E-state index is 13.1. The van der Waals surface area contributed by atoms with E-state index in [9.17, 15) is 4.79 Å². The molecule has 1 heterocycles. The van der Waals surface area contributed by atoms with E-state index in [2.05, 4.69) is 5.32 Å². The summed E-state index contributed by atoms with van der Waals surface area (Å²) >= 11 is 0. The van der Waals surface area contributed by atoms with Gasteiger partial charge < -0.3 is 19.7 Å². The Balaban J connectivity index is 1.70. The van der Waals surface area contributed by atoms with Crippen LogP contribution in [0.2, 0.25) is 0 Å². The average Bonchev–Trinajstić information content (AvgIpc) is 3.00. The number of ether oxygens (including phenoxy) is 2. The summed E-state index contributed by atoms with van der Waals surface area (Å²) < 4.78 is 10.7. The van der Waals surface area contributed by atoms with E-state index < -0.39 is 0 Å². The molecule has 5 nitrogen and oxygen atoms in total. The molecule has 4 rings (SSSR count). The zero-order valence-corrected chi connectivity index (χ0v) is 15.9. The molecule has 3 aromatic rings. The molecule has 0 saturated heterocycles. The minimum atomic E-state index is -0.277. The van der Waals surface area contributed by atoms with Crippen molar-refractivity contribution in [2.24, 2.45) is 0 Å². The first-order chi connectivity index (χ1) is 13.7. The number of nitrogens with one attached hydrogen (secondary N) is 1. The third-order valence-corrected chi connectivity index (χ3v) is 4.91. The molecule has 0 radical (unpaired) electrons. The number of fused-ring (bicyclic) bond motifs is 1. The molecule has 0 fully saturated rings. The lowest BCUT2D eigenvalue weighted by molar-refractivity contribution is 0.0729. The van der Waals surface area contributed by atoms with Crippen LogP contribution >= 0.6 is 0 Å². The molecule has 1 N–H and O–H groups in total. The first-order valence-corrected chi connectivity index (χ1v) is 9.13. The van der Waals surface area contributed by atoms with Crippen LogP contribution in [-0.4, -0.2) is 25.0 Å². The maximum absolute atomic E-state index is 13.1. The van der Waals surface area contributed by atoms with Gasteiger partial charge in [0.15, 0.2) is 0 Å². The molecule has 0 bridgehead atoms. The van der Waals surface area contributed by atoms with Crippen molar-refractivity contribution >= 4 is 11.6 Å². The van der Waals surface area contributed by atoms with E-state index in [1.807, 2.05) is 77.7 Å². The quantitative estimate of drug-likeness (QED) is 0.692. The summed E-state index contributed by atoms with van der Waals surface area (Å²) in [6.07, 6.45) is -0.277. The fourth-order valence-corrected chi connectivity index (χ4v) is 3.52. The van der Waals surface area contributed by atoms with Crippen LogP contribution in [0.1, 0.15) is 27.7 Å². The van der Waals surface area contributed by atoms with Crippen LogP contribution in [-0.2, 0) is 6.54 Å². The van der Waals surface area contributed by atoms with Crippen molar-refractivity contribution in [1.82, 2.24) is 4.90 Å². The van der Waals surface area contributed by atoms with Gasteiger partial charge in [-0.15, -0.1) is 0 Å². The van der Waals surface area contributed by atoms with Crippen LogP contribution in [0.3, 0.4) is 0 Å². The molecule has 3 aromatic carbocycles. The lowest BCUT2D eigenvalue weighted by atomic mass is 10.1. The first-order valence-electron chi connectivity index (χ1n) is 9.13. The highest BCUT2D eigenvalue weighted by Crippen LogP contribution is 2.37. The highest BCUT2D eigenvalue weighted by Gasteiger charge is 2.36. The third kappa shape index (κ3) is 3.39. The Bertz CT molecular complexity index is 966. The number of methoxy groups -OCH3 is 2. The van der Waals surface area contributed by atoms with Crippen LogP contribution in [0.25, 0.3) is 0 Å². The largest absolute Gasteiger partial charge is 0.497 e. The van der Waals surface area contributed by atoms with Gasteiger partial charge in [-0.1, -0.05) is 48.5 Å². The summed E-state index contributed by atoms with van der Waals surface area (Å²) in [4.78, 5) is 14.9. The summed E-state index contributed by atoms with van der Waals surface area (Å²) in [5, 5.41) is 3.49. The SMILES string of the molecule is COc1cc(NC2c3ccccc3C(=O)N2Cc2ccccc2)cc(OC)c1. The molecule has 1 unspecified atom stereocenters. The Morgan fingerprint density at radius 3 is 2.21 bits per heavy atom. The molecule has 1 aliphatic rings. The van der Waals surface area contributed by atoms with E-state index >= 15 is 0 Å². The monoisotopic (exact) mass is 374 g/mol. The fraction of sp³-hybridized carbons (Fsp3) is 0.174.